The maximum Gasteiger partial charge on any atom is 0.247 e. The number of likely N-dealkylation sites (tertiary alicyclic amines) is 1. The molecule has 4 rings (SSSR count). The standard InChI is InChI=1S/C21H21N3O3/c1-27-16-8-6-15(7-9-16)23-21(26)19-10-11-20(25)24(19)13-14-12-22-18-5-3-2-4-17(14)18/h2-9,12,19,22H,10-11,13H2,1H3,(H,23,26). The predicted octanol–water partition coefficient (Wildman–Crippen LogP) is 3.31. The largest absolute Gasteiger partial charge is 0.497 e. The Morgan fingerprint density at radius 2 is 2.00 bits per heavy atom. The summed E-state index contributed by atoms with van der Waals surface area (Å²) in [5.74, 6) is 0.575. The fraction of sp³-hybridized carbons (Fsp3) is 0.238. The molecule has 0 saturated carbocycles. The van der Waals surface area contributed by atoms with Crippen LogP contribution in [-0.4, -0.2) is 34.8 Å². The number of hydrogen-bond donors (Lipinski definition) is 2. The SMILES string of the molecule is COc1ccc(NC(=O)C2CCC(=O)N2Cc2c[nH]c3ccccc23)cc1. The van der Waals surface area contributed by atoms with E-state index in [9.17, 15) is 9.59 Å². The molecule has 6 nitrogen and oxygen atoms in total. The second-order valence-corrected chi connectivity index (χ2v) is 6.65. The number of fused-ring (bicyclic) bond motifs is 1. The second-order valence-electron chi connectivity index (χ2n) is 6.65. The molecule has 1 aliphatic rings. The second kappa shape index (κ2) is 7.15. The highest BCUT2D eigenvalue weighted by Crippen LogP contribution is 2.26. The smallest absolute Gasteiger partial charge is 0.247 e. The number of benzene rings is 2. The molecule has 0 spiro atoms. The lowest BCUT2D eigenvalue weighted by Gasteiger charge is -2.24. The fourth-order valence-electron chi connectivity index (χ4n) is 3.55. The van der Waals surface area contributed by atoms with E-state index in [1.165, 1.54) is 0 Å². The summed E-state index contributed by atoms with van der Waals surface area (Å²) in [6, 6.07) is 14.7. The summed E-state index contributed by atoms with van der Waals surface area (Å²) in [7, 11) is 1.60. The molecule has 2 aromatic carbocycles. The van der Waals surface area contributed by atoms with Crippen LogP contribution in [0, 0.1) is 0 Å². The van der Waals surface area contributed by atoms with Crippen LogP contribution in [0.15, 0.2) is 54.7 Å². The average Bonchev–Trinajstić information content (AvgIpc) is 3.27. The Kier molecular flexibility index (Phi) is 4.54. The maximum atomic E-state index is 12.8. The summed E-state index contributed by atoms with van der Waals surface area (Å²) in [6.07, 6.45) is 2.83. The number of methoxy groups -OCH3 is 1. The van der Waals surface area contributed by atoms with Gasteiger partial charge in [-0.2, -0.15) is 0 Å². The minimum Gasteiger partial charge on any atom is -0.497 e. The Morgan fingerprint density at radius 3 is 2.78 bits per heavy atom. The zero-order valence-corrected chi connectivity index (χ0v) is 15.1. The van der Waals surface area contributed by atoms with Crippen LogP contribution >= 0.6 is 0 Å². The Morgan fingerprint density at radius 1 is 1.22 bits per heavy atom. The number of rotatable bonds is 5. The van der Waals surface area contributed by atoms with E-state index in [1.807, 2.05) is 30.5 Å². The number of hydrogen-bond acceptors (Lipinski definition) is 3. The summed E-state index contributed by atoms with van der Waals surface area (Å²) in [5.41, 5.74) is 2.73. The number of ether oxygens (including phenoxy) is 1. The van der Waals surface area contributed by atoms with Gasteiger partial charge < -0.3 is 19.9 Å². The van der Waals surface area contributed by atoms with Crippen LogP contribution in [0.2, 0.25) is 0 Å². The van der Waals surface area contributed by atoms with Gasteiger partial charge in [0.2, 0.25) is 11.8 Å². The first-order chi connectivity index (χ1) is 13.2. The van der Waals surface area contributed by atoms with E-state index in [0.717, 1.165) is 22.2 Å². The highest BCUT2D eigenvalue weighted by atomic mass is 16.5. The van der Waals surface area contributed by atoms with Crippen LogP contribution in [0.5, 0.6) is 5.75 Å². The van der Waals surface area contributed by atoms with E-state index in [0.29, 0.717) is 25.1 Å². The maximum absolute atomic E-state index is 12.8. The van der Waals surface area contributed by atoms with Crippen LogP contribution in [0.3, 0.4) is 0 Å². The van der Waals surface area contributed by atoms with Gasteiger partial charge in [-0.15, -0.1) is 0 Å². The van der Waals surface area contributed by atoms with Crippen molar-refractivity contribution in [2.75, 3.05) is 12.4 Å². The Hall–Kier alpha value is -3.28. The highest BCUT2D eigenvalue weighted by molar-refractivity contribution is 5.99. The number of carbonyl (C=O) groups excluding carboxylic acids is 2. The molecule has 0 aliphatic carbocycles. The van der Waals surface area contributed by atoms with Crippen LogP contribution in [0.1, 0.15) is 18.4 Å². The van der Waals surface area contributed by atoms with Crippen LogP contribution in [0.25, 0.3) is 10.9 Å². The van der Waals surface area contributed by atoms with Gasteiger partial charge in [-0.05, 0) is 42.3 Å². The number of anilines is 1. The summed E-state index contributed by atoms with van der Waals surface area (Å²) in [5, 5.41) is 3.98. The lowest BCUT2D eigenvalue weighted by atomic mass is 10.1. The number of H-pyrrole nitrogens is 1. The molecule has 2 amide bonds. The van der Waals surface area contributed by atoms with Gasteiger partial charge in [-0.25, -0.2) is 0 Å². The van der Waals surface area contributed by atoms with Crippen molar-refractivity contribution in [2.24, 2.45) is 0 Å². The van der Waals surface area contributed by atoms with Gasteiger partial charge in [0.15, 0.2) is 0 Å². The average molecular weight is 363 g/mol. The van der Waals surface area contributed by atoms with Crippen LogP contribution < -0.4 is 10.1 Å². The highest BCUT2D eigenvalue weighted by Gasteiger charge is 2.36. The minimum absolute atomic E-state index is 0.00941. The predicted molar refractivity (Wildman–Crippen MR) is 103 cm³/mol. The quantitative estimate of drug-likeness (QED) is 0.730. The molecule has 6 heteroatoms. The number of carbonyl (C=O) groups is 2. The topological polar surface area (TPSA) is 74.4 Å². The molecule has 1 aliphatic heterocycles. The van der Waals surface area contributed by atoms with Crippen LogP contribution in [-0.2, 0) is 16.1 Å². The number of aromatic nitrogens is 1. The molecule has 2 heterocycles. The third-order valence-electron chi connectivity index (χ3n) is 5.00. The number of aromatic amines is 1. The molecule has 138 valence electrons. The van der Waals surface area contributed by atoms with Gasteiger partial charge in [0.25, 0.3) is 0 Å². The number of nitrogens with zero attached hydrogens (tertiary/aromatic N) is 1. The molecule has 1 atom stereocenters. The van der Waals surface area contributed by atoms with Gasteiger partial charge in [0.1, 0.15) is 11.8 Å². The molecule has 1 unspecified atom stereocenters. The molecule has 2 N–H and O–H groups in total. The normalized spacial score (nSPS) is 16.7. The summed E-state index contributed by atoms with van der Waals surface area (Å²) >= 11 is 0. The Labute approximate surface area is 157 Å². The molecular weight excluding hydrogens is 342 g/mol. The summed E-state index contributed by atoms with van der Waals surface area (Å²) in [4.78, 5) is 30.1. The number of para-hydroxylation sites is 1. The molecule has 0 radical (unpaired) electrons. The van der Waals surface area contributed by atoms with Crippen molar-refractivity contribution in [2.45, 2.75) is 25.4 Å². The van der Waals surface area contributed by atoms with Crippen molar-refractivity contribution in [3.8, 4) is 5.75 Å². The lowest BCUT2D eigenvalue weighted by Crippen LogP contribution is -2.41. The molecule has 0 bridgehead atoms. The van der Waals surface area contributed by atoms with Crippen molar-refractivity contribution >= 4 is 28.4 Å². The Balaban J connectivity index is 1.51. The van der Waals surface area contributed by atoms with E-state index in [2.05, 4.69) is 10.3 Å². The van der Waals surface area contributed by atoms with E-state index >= 15 is 0 Å². The van der Waals surface area contributed by atoms with Crippen molar-refractivity contribution in [1.29, 1.82) is 0 Å². The van der Waals surface area contributed by atoms with Crippen molar-refractivity contribution in [3.63, 3.8) is 0 Å². The van der Waals surface area contributed by atoms with E-state index < -0.39 is 6.04 Å². The zero-order chi connectivity index (χ0) is 18.8. The lowest BCUT2D eigenvalue weighted by molar-refractivity contribution is -0.133. The van der Waals surface area contributed by atoms with Gasteiger partial charge in [-0.3, -0.25) is 9.59 Å². The van der Waals surface area contributed by atoms with Gasteiger partial charge in [0, 0.05) is 35.8 Å². The third-order valence-corrected chi connectivity index (χ3v) is 5.00. The van der Waals surface area contributed by atoms with Crippen molar-refractivity contribution in [3.05, 3.63) is 60.3 Å². The van der Waals surface area contributed by atoms with Crippen molar-refractivity contribution in [1.82, 2.24) is 9.88 Å². The minimum atomic E-state index is -0.465. The first-order valence-corrected chi connectivity index (χ1v) is 8.95. The summed E-state index contributed by atoms with van der Waals surface area (Å²) in [6.45, 7) is 0.420. The summed E-state index contributed by atoms with van der Waals surface area (Å²) < 4.78 is 5.13. The molecule has 27 heavy (non-hydrogen) atoms. The third kappa shape index (κ3) is 3.38. The van der Waals surface area contributed by atoms with Crippen LogP contribution in [0.4, 0.5) is 5.69 Å². The number of amides is 2. The molecule has 1 fully saturated rings. The zero-order valence-electron chi connectivity index (χ0n) is 15.1. The van der Waals surface area contributed by atoms with Gasteiger partial charge >= 0.3 is 0 Å². The molecular formula is C21H21N3O3. The van der Waals surface area contributed by atoms with E-state index in [4.69, 9.17) is 4.74 Å². The fourth-order valence-corrected chi connectivity index (χ4v) is 3.55. The molecule has 1 saturated heterocycles. The van der Waals surface area contributed by atoms with Gasteiger partial charge in [0.05, 0.1) is 7.11 Å². The van der Waals surface area contributed by atoms with Crippen molar-refractivity contribution < 1.29 is 14.3 Å². The first kappa shape index (κ1) is 17.1. The Bertz CT molecular complexity index is 978. The van der Waals surface area contributed by atoms with Gasteiger partial charge in [-0.1, -0.05) is 18.2 Å². The van der Waals surface area contributed by atoms with E-state index in [-0.39, 0.29) is 11.8 Å². The van der Waals surface area contributed by atoms with E-state index in [1.54, 1.807) is 36.3 Å². The molecule has 1 aromatic heterocycles. The monoisotopic (exact) mass is 363 g/mol. The molecule has 3 aromatic rings. The number of nitrogens with one attached hydrogen (secondary N) is 2. The first-order valence-electron chi connectivity index (χ1n) is 8.95.